The Balaban J connectivity index is 1.96. The van der Waals surface area contributed by atoms with Gasteiger partial charge in [0.25, 0.3) is 17.9 Å². The highest BCUT2D eigenvalue weighted by Crippen LogP contribution is 2.40. The van der Waals surface area contributed by atoms with Gasteiger partial charge in [0, 0.05) is 7.11 Å². The second kappa shape index (κ2) is 2.91. The van der Waals surface area contributed by atoms with Crippen LogP contribution in [0.25, 0.3) is 0 Å². The zero-order valence-corrected chi connectivity index (χ0v) is 8.40. The van der Waals surface area contributed by atoms with E-state index in [9.17, 15) is 0 Å². The number of ether oxygens (including phenoxy) is 5. The first-order valence-electron chi connectivity index (χ1n) is 4.61. The van der Waals surface area contributed by atoms with Gasteiger partial charge in [-0.25, -0.2) is 0 Å². The summed E-state index contributed by atoms with van der Waals surface area (Å²) >= 11 is 0. The van der Waals surface area contributed by atoms with Crippen molar-refractivity contribution in [3.63, 3.8) is 0 Å². The minimum Gasteiger partial charge on any atom is -0.465 e. The normalized spacial score (nSPS) is 41.7. The lowest BCUT2D eigenvalue weighted by Gasteiger charge is -2.33. The molecule has 3 rings (SSSR count). The summed E-state index contributed by atoms with van der Waals surface area (Å²) in [5.41, 5.74) is 5.00. The van der Waals surface area contributed by atoms with E-state index >= 15 is 0 Å². The molecule has 2 N–H and O–H groups in total. The van der Waals surface area contributed by atoms with Gasteiger partial charge < -0.3 is 23.7 Å². The van der Waals surface area contributed by atoms with Crippen molar-refractivity contribution in [3.8, 4) is 0 Å². The van der Waals surface area contributed by atoms with Crippen LogP contribution in [0, 0.1) is 0 Å². The van der Waals surface area contributed by atoms with Crippen LogP contribution in [0.5, 0.6) is 0 Å². The topological polar surface area (TPSA) is 70.2 Å². The van der Waals surface area contributed by atoms with Crippen LogP contribution < -0.4 is 10.9 Å². The standard InChI is InChI=1S/C8H12N2O5/c1-11-4-3-13-7-8(4)10-9-5(15-8)6(12-2)14-7/h4,7,9-10H,3H2,1-2H3/t4-,7+,8+/m1/s1. The second-order valence-electron chi connectivity index (χ2n) is 3.47. The minimum atomic E-state index is -0.813. The maximum absolute atomic E-state index is 5.67. The van der Waals surface area contributed by atoms with Gasteiger partial charge in [0.2, 0.25) is 0 Å². The van der Waals surface area contributed by atoms with E-state index < -0.39 is 12.0 Å². The summed E-state index contributed by atoms with van der Waals surface area (Å²) < 4.78 is 26.9. The fourth-order valence-corrected chi connectivity index (χ4v) is 1.95. The summed E-state index contributed by atoms with van der Waals surface area (Å²) in [5.74, 6) is 0.693. The molecule has 3 heterocycles. The van der Waals surface area contributed by atoms with Gasteiger partial charge in [-0.3, -0.25) is 5.43 Å². The third-order valence-electron chi connectivity index (χ3n) is 2.74. The molecule has 0 aliphatic carbocycles. The predicted molar refractivity (Wildman–Crippen MR) is 45.7 cm³/mol. The number of hydrogen-bond donors (Lipinski definition) is 2. The van der Waals surface area contributed by atoms with Gasteiger partial charge in [0.05, 0.1) is 13.7 Å². The molecule has 2 fully saturated rings. The largest absolute Gasteiger partial charge is 0.465 e. The van der Waals surface area contributed by atoms with Crippen molar-refractivity contribution in [1.29, 1.82) is 0 Å². The van der Waals surface area contributed by atoms with Crippen molar-refractivity contribution < 1.29 is 23.7 Å². The molecular formula is C8H12N2O5. The van der Waals surface area contributed by atoms with E-state index in [4.69, 9.17) is 23.7 Å². The fourth-order valence-electron chi connectivity index (χ4n) is 1.95. The molecule has 0 radical (unpaired) electrons. The van der Waals surface area contributed by atoms with Gasteiger partial charge in [-0.1, -0.05) is 0 Å². The Kier molecular flexibility index (Phi) is 1.76. The predicted octanol–water partition coefficient (Wildman–Crippen LogP) is -1.02. The van der Waals surface area contributed by atoms with Crippen LogP contribution in [0.1, 0.15) is 0 Å². The zero-order chi connectivity index (χ0) is 10.5. The third-order valence-corrected chi connectivity index (χ3v) is 2.74. The molecule has 0 aromatic heterocycles. The third kappa shape index (κ3) is 0.996. The van der Waals surface area contributed by atoms with E-state index in [1.54, 1.807) is 7.11 Å². The average Bonchev–Trinajstić information content (AvgIpc) is 2.81. The molecule has 3 atom stereocenters. The van der Waals surface area contributed by atoms with E-state index in [1.807, 2.05) is 0 Å². The lowest BCUT2D eigenvalue weighted by molar-refractivity contribution is -0.232. The number of hydrogen-bond acceptors (Lipinski definition) is 7. The van der Waals surface area contributed by atoms with Crippen LogP contribution in [0.15, 0.2) is 11.8 Å². The Morgan fingerprint density at radius 2 is 2.33 bits per heavy atom. The maximum atomic E-state index is 5.67. The van der Waals surface area contributed by atoms with E-state index in [2.05, 4.69) is 10.9 Å². The molecule has 2 bridgehead atoms. The first-order chi connectivity index (χ1) is 7.30. The molecule has 7 heteroatoms. The van der Waals surface area contributed by atoms with E-state index in [-0.39, 0.29) is 12.0 Å². The van der Waals surface area contributed by atoms with Crippen LogP contribution in [0.2, 0.25) is 0 Å². The van der Waals surface area contributed by atoms with Crippen molar-refractivity contribution in [3.05, 3.63) is 11.8 Å². The van der Waals surface area contributed by atoms with E-state index in [1.165, 1.54) is 7.11 Å². The monoisotopic (exact) mass is 216 g/mol. The summed E-state index contributed by atoms with van der Waals surface area (Å²) in [5, 5.41) is 0. The van der Waals surface area contributed by atoms with Crippen LogP contribution >= 0.6 is 0 Å². The van der Waals surface area contributed by atoms with E-state index in [0.29, 0.717) is 12.5 Å². The molecule has 84 valence electrons. The number of methoxy groups -OCH3 is 2. The highest BCUT2D eigenvalue weighted by molar-refractivity contribution is 5.12. The Hall–Kier alpha value is -1.18. The average molecular weight is 216 g/mol. The second-order valence-corrected chi connectivity index (χ2v) is 3.47. The summed E-state index contributed by atoms with van der Waals surface area (Å²) in [6.45, 7) is 0.403. The van der Waals surface area contributed by atoms with Crippen molar-refractivity contribution in [2.24, 2.45) is 0 Å². The van der Waals surface area contributed by atoms with Gasteiger partial charge in [-0.2, -0.15) is 5.43 Å². The van der Waals surface area contributed by atoms with E-state index in [0.717, 1.165) is 0 Å². The first kappa shape index (κ1) is 9.08. The lowest BCUT2D eigenvalue weighted by Crippen LogP contribution is -2.59. The zero-order valence-electron chi connectivity index (χ0n) is 8.40. The van der Waals surface area contributed by atoms with Crippen LogP contribution in [-0.2, 0) is 23.7 Å². The molecule has 0 saturated carbocycles. The summed E-state index contributed by atoms with van der Waals surface area (Å²) in [6.07, 6.45) is -0.804. The van der Waals surface area contributed by atoms with Gasteiger partial charge in [0.1, 0.15) is 6.10 Å². The Bertz CT molecular complexity index is 320. The summed E-state index contributed by atoms with van der Waals surface area (Å²) in [7, 11) is 3.10. The number of nitrogens with one attached hydrogen (secondary N) is 2. The quantitative estimate of drug-likeness (QED) is 0.612. The fraction of sp³-hybridized carbons (Fsp3) is 0.750. The van der Waals surface area contributed by atoms with Crippen molar-refractivity contribution in [1.82, 2.24) is 10.9 Å². The number of hydrazine groups is 1. The smallest absolute Gasteiger partial charge is 0.346 e. The number of rotatable bonds is 2. The molecule has 15 heavy (non-hydrogen) atoms. The molecule has 3 aliphatic heterocycles. The molecule has 1 spiro atoms. The van der Waals surface area contributed by atoms with Gasteiger partial charge >= 0.3 is 5.95 Å². The molecular weight excluding hydrogens is 204 g/mol. The molecule has 3 aliphatic rings. The highest BCUT2D eigenvalue weighted by Gasteiger charge is 2.63. The van der Waals surface area contributed by atoms with Gasteiger partial charge in [-0.05, 0) is 0 Å². The van der Waals surface area contributed by atoms with Gasteiger partial charge in [0.15, 0.2) is 0 Å². The maximum Gasteiger partial charge on any atom is 0.346 e. The highest BCUT2D eigenvalue weighted by atomic mass is 16.8. The Labute approximate surface area is 86.2 Å². The van der Waals surface area contributed by atoms with Crippen molar-refractivity contribution in [2.75, 3.05) is 20.8 Å². The lowest BCUT2D eigenvalue weighted by atomic mass is 10.1. The van der Waals surface area contributed by atoms with Crippen LogP contribution in [-0.4, -0.2) is 38.9 Å². The Morgan fingerprint density at radius 1 is 1.47 bits per heavy atom. The molecule has 0 aromatic rings. The summed E-state index contributed by atoms with van der Waals surface area (Å²) in [6, 6.07) is 0. The molecule has 2 saturated heterocycles. The first-order valence-corrected chi connectivity index (χ1v) is 4.61. The molecule has 0 unspecified atom stereocenters. The van der Waals surface area contributed by atoms with Crippen LogP contribution in [0.4, 0.5) is 0 Å². The summed E-state index contributed by atoms with van der Waals surface area (Å²) in [4.78, 5) is 0. The minimum absolute atomic E-state index is 0.231. The van der Waals surface area contributed by atoms with Crippen molar-refractivity contribution in [2.45, 2.75) is 18.1 Å². The van der Waals surface area contributed by atoms with Crippen LogP contribution in [0.3, 0.4) is 0 Å². The molecule has 0 amide bonds. The van der Waals surface area contributed by atoms with Crippen molar-refractivity contribution >= 4 is 0 Å². The molecule has 0 aromatic carbocycles. The Morgan fingerprint density at radius 3 is 3.07 bits per heavy atom. The van der Waals surface area contributed by atoms with Gasteiger partial charge in [-0.15, -0.1) is 0 Å². The molecule has 7 nitrogen and oxygen atoms in total. The SMILES string of the molecule is COC1=C2NN[C@@]3(O2)[C@@H](OC[C@H]3OC)O1. The number of fused-ring (bicyclic) bond motifs is 1.